The summed E-state index contributed by atoms with van der Waals surface area (Å²) in [6, 6.07) is 0. The molecule has 0 heterocycles. The van der Waals surface area contributed by atoms with Gasteiger partial charge in [0.1, 0.15) is 0 Å². The number of aliphatic hydroxyl groups excluding tert-OH is 1. The van der Waals surface area contributed by atoms with Crippen LogP contribution in [0.2, 0.25) is 0 Å². The van der Waals surface area contributed by atoms with Crippen molar-refractivity contribution in [2.45, 2.75) is 71.3 Å². The molecule has 0 spiro atoms. The van der Waals surface area contributed by atoms with Gasteiger partial charge in [0.15, 0.2) is 0 Å². The van der Waals surface area contributed by atoms with Gasteiger partial charge in [0.25, 0.3) is 0 Å². The molecule has 0 bridgehead atoms. The number of carbonyl (C=O) groups excluding carboxylic acids is 1. The molecule has 0 aliphatic heterocycles. The van der Waals surface area contributed by atoms with Crippen molar-refractivity contribution in [3.05, 3.63) is 0 Å². The topological polar surface area (TPSA) is 46.5 Å². The van der Waals surface area contributed by atoms with E-state index in [0.29, 0.717) is 13.0 Å². The van der Waals surface area contributed by atoms with Gasteiger partial charge in [-0.05, 0) is 39.0 Å². The summed E-state index contributed by atoms with van der Waals surface area (Å²) in [5.74, 6) is -0.118. The number of aliphatic hydroxyl groups is 1. The van der Waals surface area contributed by atoms with E-state index in [1.54, 1.807) is 0 Å². The fourth-order valence-electron chi connectivity index (χ4n) is 2.51. The Morgan fingerprint density at radius 2 is 2.18 bits per heavy atom. The van der Waals surface area contributed by atoms with Crippen LogP contribution in [-0.2, 0) is 9.53 Å². The van der Waals surface area contributed by atoms with Crippen molar-refractivity contribution in [2.75, 3.05) is 6.61 Å². The molecule has 1 aliphatic rings. The van der Waals surface area contributed by atoms with E-state index < -0.39 is 5.41 Å². The van der Waals surface area contributed by atoms with Crippen molar-refractivity contribution < 1.29 is 14.6 Å². The van der Waals surface area contributed by atoms with Crippen LogP contribution in [0.4, 0.5) is 0 Å². The van der Waals surface area contributed by atoms with E-state index in [0.717, 1.165) is 32.1 Å². The van der Waals surface area contributed by atoms with Crippen LogP contribution in [0.5, 0.6) is 0 Å². The van der Waals surface area contributed by atoms with Gasteiger partial charge in [0, 0.05) is 0 Å². The van der Waals surface area contributed by atoms with Crippen LogP contribution in [-0.4, -0.2) is 23.8 Å². The summed E-state index contributed by atoms with van der Waals surface area (Å²) in [5, 5.41) is 9.63. The Balaban J connectivity index is 2.26. The molecule has 3 heteroatoms. The molecule has 0 aromatic carbocycles. The zero-order valence-corrected chi connectivity index (χ0v) is 11.2. The lowest BCUT2D eigenvalue weighted by molar-refractivity contribution is -0.159. The molecule has 0 aromatic heterocycles. The summed E-state index contributed by atoms with van der Waals surface area (Å²) in [6.07, 6.45) is 7.29. The van der Waals surface area contributed by atoms with Crippen molar-refractivity contribution >= 4 is 5.97 Å². The number of hydrogen-bond donors (Lipinski definition) is 1. The summed E-state index contributed by atoms with van der Waals surface area (Å²) in [6.45, 7) is 4.62. The number of rotatable bonds is 6. The van der Waals surface area contributed by atoms with Gasteiger partial charge < -0.3 is 9.84 Å². The molecule has 0 saturated heterocycles. The fraction of sp³-hybridized carbons (Fsp3) is 0.929. The first-order valence-corrected chi connectivity index (χ1v) is 6.94. The Bertz CT molecular complexity index is 240. The molecule has 2 atom stereocenters. The Kier molecular flexibility index (Phi) is 5.96. The normalized spacial score (nSPS) is 29.0. The highest BCUT2D eigenvalue weighted by molar-refractivity contribution is 5.76. The molecule has 1 saturated carbocycles. The maximum Gasteiger partial charge on any atom is 0.311 e. The second kappa shape index (κ2) is 7.00. The molecular weight excluding hydrogens is 216 g/mol. The molecule has 100 valence electrons. The van der Waals surface area contributed by atoms with Crippen molar-refractivity contribution in [3.8, 4) is 0 Å². The van der Waals surface area contributed by atoms with Crippen molar-refractivity contribution in [1.82, 2.24) is 0 Å². The van der Waals surface area contributed by atoms with E-state index in [2.05, 4.69) is 6.92 Å². The lowest BCUT2D eigenvalue weighted by Gasteiger charge is -2.33. The van der Waals surface area contributed by atoms with Gasteiger partial charge in [-0.1, -0.05) is 26.2 Å². The third-order valence-electron chi connectivity index (χ3n) is 3.68. The van der Waals surface area contributed by atoms with Crippen molar-refractivity contribution in [2.24, 2.45) is 5.41 Å². The molecule has 0 aromatic rings. The van der Waals surface area contributed by atoms with Crippen LogP contribution in [0.25, 0.3) is 0 Å². The molecule has 1 fully saturated rings. The van der Waals surface area contributed by atoms with E-state index in [1.165, 1.54) is 12.8 Å². The summed E-state index contributed by atoms with van der Waals surface area (Å²) in [7, 11) is 0. The Labute approximate surface area is 105 Å². The van der Waals surface area contributed by atoms with E-state index in [9.17, 15) is 9.90 Å². The van der Waals surface area contributed by atoms with E-state index in [4.69, 9.17) is 4.74 Å². The van der Waals surface area contributed by atoms with Crippen LogP contribution in [0.3, 0.4) is 0 Å². The lowest BCUT2D eigenvalue weighted by atomic mass is 9.74. The first-order valence-electron chi connectivity index (χ1n) is 6.94. The van der Waals surface area contributed by atoms with Gasteiger partial charge in [-0.25, -0.2) is 0 Å². The van der Waals surface area contributed by atoms with Gasteiger partial charge in [-0.2, -0.15) is 0 Å². The highest BCUT2D eigenvalue weighted by atomic mass is 16.5. The average Bonchev–Trinajstić information content (AvgIpc) is 2.28. The van der Waals surface area contributed by atoms with E-state index in [-0.39, 0.29) is 12.1 Å². The highest BCUT2D eigenvalue weighted by Crippen LogP contribution is 2.37. The Morgan fingerprint density at radius 1 is 1.41 bits per heavy atom. The fourth-order valence-corrected chi connectivity index (χ4v) is 2.51. The molecule has 0 amide bonds. The zero-order valence-electron chi connectivity index (χ0n) is 11.2. The molecule has 1 N–H and O–H groups in total. The Hall–Kier alpha value is -0.570. The monoisotopic (exact) mass is 242 g/mol. The van der Waals surface area contributed by atoms with Crippen LogP contribution in [0.15, 0.2) is 0 Å². The molecule has 0 radical (unpaired) electrons. The largest absolute Gasteiger partial charge is 0.465 e. The summed E-state index contributed by atoms with van der Waals surface area (Å²) in [4.78, 5) is 12.0. The molecular formula is C14H26O3. The molecule has 17 heavy (non-hydrogen) atoms. The Morgan fingerprint density at radius 3 is 2.82 bits per heavy atom. The molecule has 1 aliphatic carbocycles. The van der Waals surface area contributed by atoms with Crippen molar-refractivity contribution in [3.63, 3.8) is 0 Å². The second-order valence-corrected chi connectivity index (χ2v) is 5.51. The third kappa shape index (κ3) is 4.66. The summed E-state index contributed by atoms with van der Waals surface area (Å²) < 4.78 is 5.33. The highest BCUT2D eigenvalue weighted by Gasteiger charge is 2.39. The zero-order chi connectivity index (χ0) is 12.7. The SMILES string of the molecule is CCCCCCOC(=O)C1(C)CCCC(O)C1. The van der Waals surface area contributed by atoms with E-state index in [1.807, 2.05) is 6.92 Å². The van der Waals surface area contributed by atoms with Gasteiger partial charge in [-0.15, -0.1) is 0 Å². The number of ether oxygens (including phenoxy) is 1. The standard InChI is InChI=1S/C14H26O3/c1-3-4-5-6-10-17-13(16)14(2)9-7-8-12(15)11-14/h12,15H,3-11H2,1-2H3. The second-order valence-electron chi connectivity index (χ2n) is 5.51. The first-order chi connectivity index (χ1) is 8.08. The van der Waals surface area contributed by atoms with Crippen LogP contribution in [0.1, 0.15) is 65.2 Å². The molecule has 3 nitrogen and oxygen atoms in total. The van der Waals surface area contributed by atoms with Crippen LogP contribution < -0.4 is 0 Å². The lowest BCUT2D eigenvalue weighted by Crippen LogP contribution is -2.37. The maximum absolute atomic E-state index is 12.0. The minimum absolute atomic E-state index is 0.118. The number of hydrogen-bond acceptors (Lipinski definition) is 3. The minimum atomic E-state index is -0.456. The van der Waals surface area contributed by atoms with Gasteiger partial charge in [-0.3, -0.25) is 4.79 Å². The smallest absolute Gasteiger partial charge is 0.311 e. The molecule has 1 rings (SSSR count). The van der Waals surface area contributed by atoms with Crippen molar-refractivity contribution in [1.29, 1.82) is 0 Å². The number of unbranched alkanes of at least 4 members (excludes halogenated alkanes) is 3. The minimum Gasteiger partial charge on any atom is -0.465 e. The predicted octanol–water partition coefficient (Wildman–Crippen LogP) is 3.05. The van der Waals surface area contributed by atoms with Gasteiger partial charge >= 0.3 is 5.97 Å². The predicted molar refractivity (Wildman–Crippen MR) is 67.7 cm³/mol. The van der Waals surface area contributed by atoms with E-state index >= 15 is 0 Å². The summed E-state index contributed by atoms with van der Waals surface area (Å²) in [5.41, 5.74) is -0.456. The first kappa shape index (κ1) is 14.5. The van der Waals surface area contributed by atoms with Gasteiger partial charge in [0.2, 0.25) is 0 Å². The third-order valence-corrected chi connectivity index (χ3v) is 3.68. The summed E-state index contributed by atoms with van der Waals surface area (Å²) >= 11 is 0. The van der Waals surface area contributed by atoms with Gasteiger partial charge in [0.05, 0.1) is 18.1 Å². The quantitative estimate of drug-likeness (QED) is 0.575. The van der Waals surface area contributed by atoms with Crippen LogP contribution >= 0.6 is 0 Å². The number of esters is 1. The average molecular weight is 242 g/mol. The maximum atomic E-state index is 12.0. The molecule has 2 unspecified atom stereocenters. The number of carbonyl (C=O) groups is 1. The van der Waals surface area contributed by atoms with Crippen LogP contribution in [0, 0.1) is 5.41 Å².